The summed E-state index contributed by atoms with van der Waals surface area (Å²) in [7, 11) is 0. The second-order valence-corrected chi connectivity index (χ2v) is 7.04. The number of nitrogens with one attached hydrogen (secondary N) is 1. The second-order valence-electron chi connectivity index (χ2n) is 7.04. The maximum Gasteiger partial charge on any atom is 0.407 e. The van der Waals surface area contributed by atoms with Crippen molar-refractivity contribution in [1.29, 1.82) is 0 Å². The summed E-state index contributed by atoms with van der Waals surface area (Å²) in [5.74, 6) is 0. The molecule has 1 atom stereocenters. The van der Waals surface area contributed by atoms with E-state index in [-0.39, 0.29) is 12.2 Å². The number of ether oxygens (including phenoxy) is 1. The zero-order chi connectivity index (χ0) is 17.9. The average Bonchev–Trinajstić information content (AvgIpc) is 2.59. The fourth-order valence-electron chi connectivity index (χ4n) is 2.96. The minimum Gasteiger partial charge on any atom is -0.446 e. The molecule has 3 nitrogen and oxygen atoms in total. The lowest BCUT2D eigenvalue weighted by Gasteiger charge is -2.16. The molecule has 144 valence electrons. The average molecular weight is 342 g/mol. The molecule has 0 aliphatic carbocycles. The topological polar surface area (TPSA) is 38.3 Å². The van der Waals surface area contributed by atoms with Crippen LogP contribution < -0.4 is 5.32 Å². The van der Waals surface area contributed by atoms with Crippen molar-refractivity contribution >= 4 is 6.09 Å². The number of amides is 1. The van der Waals surface area contributed by atoms with Gasteiger partial charge in [0.25, 0.3) is 0 Å². The van der Waals surface area contributed by atoms with Crippen molar-refractivity contribution in [3.8, 4) is 0 Å². The fourth-order valence-corrected chi connectivity index (χ4v) is 2.96. The number of hydrogen-bond donors (Lipinski definition) is 1. The molecule has 1 unspecified atom stereocenters. The van der Waals surface area contributed by atoms with Crippen LogP contribution in [0.5, 0.6) is 0 Å². The first-order valence-electron chi connectivity index (χ1n) is 10.7. The van der Waals surface area contributed by atoms with Gasteiger partial charge in [-0.05, 0) is 25.7 Å². The maximum absolute atomic E-state index is 11.8. The van der Waals surface area contributed by atoms with Crippen LogP contribution in [0.15, 0.2) is 0 Å². The monoisotopic (exact) mass is 341 g/mol. The van der Waals surface area contributed by atoms with Gasteiger partial charge in [-0.1, -0.05) is 91.4 Å². The number of carbonyl (C=O) groups is 1. The van der Waals surface area contributed by atoms with E-state index < -0.39 is 0 Å². The summed E-state index contributed by atoms with van der Waals surface area (Å²) in [6, 6.07) is 0. The summed E-state index contributed by atoms with van der Waals surface area (Å²) in [6.45, 7) is 7.32. The van der Waals surface area contributed by atoms with E-state index in [1.54, 1.807) is 0 Å². The number of hydrogen-bond acceptors (Lipinski definition) is 2. The van der Waals surface area contributed by atoms with Crippen LogP contribution in [0.2, 0.25) is 0 Å². The number of carbonyl (C=O) groups excluding carboxylic acids is 1. The van der Waals surface area contributed by atoms with Gasteiger partial charge >= 0.3 is 6.09 Å². The van der Waals surface area contributed by atoms with Crippen LogP contribution in [-0.4, -0.2) is 18.7 Å². The summed E-state index contributed by atoms with van der Waals surface area (Å²) >= 11 is 0. The Morgan fingerprint density at radius 2 is 1.25 bits per heavy atom. The standard InChI is InChI=1S/C21H43NO2/c1-4-7-9-11-12-13-14-16-18-20(6-3)24-21(23)22-19-17-15-10-8-5-2/h20H,4-19H2,1-3H3,(H,22,23). The van der Waals surface area contributed by atoms with Gasteiger partial charge in [0.05, 0.1) is 0 Å². The number of rotatable bonds is 17. The van der Waals surface area contributed by atoms with Gasteiger partial charge in [-0.25, -0.2) is 4.79 Å². The molecular formula is C21H43NO2. The van der Waals surface area contributed by atoms with Crippen molar-refractivity contribution in [2.45, 2.75) is 123 Å². The van der Waals surface area contributed by atoms with Gasteiger partial charge < -0.3 is 10.1 Å². The highest BCUT2D eigenvalue weighted by molar-refractivity contribution is 5.67. The molecule has 0 heterocycles. The fraction of sp³-hybridized carbons (Fsp3) is 0.952. The molecule has 0 fully saturated rings. The minimum absolute atomic E-state index is 0.0881. The first kappa shape index (κ1) is 23.3. The molecule has 24 heavy (non-hydrogen) atoms. The maximum atomic E-state index is 11.8. The van der Waals surface area contributed by atoms with Crippen LogP contribution >= 0.6 is 0 Å². The quantitative estimate of drug-likeness (QED) is 0.289. The third-order valence-electron chi connectivity index (χ3n) is 4.66. The third kappa shape index (κ3) is 16.1. The molecule has 0 aromatic carbocycles. The Balaban J connectivity index is 3.51. The molecule has 0 aliphatic heterocycles. The van der Waals surface area contributed by atoms with Gasteiger partial charge in [0.2, 0.25) is 0 Å². The number of unbranched alkanes of at least 4 members (excludes halogenated alkanes) is 11. The van der Waals surface area contributed by atoms with Crippen LogP contribution in [0.25, 0.3) is 0 Å². The van der Waals surface area contributed by atoms with E-state index in [1.165, 1.54) is 77.0 Å². The SMILES string of the molecule is CCCCCCCCCCC(CC)OC(=O)NCCCCCCC. The Bertz CT molecular complexity index is 269. The molecule has 1 N–H and O–H groups in total. The Labute approximate surface area is 151 Å². The van der Waals surface area contributed by atoms with Gasteiger partial charge in [-0.15, -0.1) is 0 Å². The Hall–Kier alpha value is -0.730. The molecular weight excluding hydrogens is 298 g/mol. The van der Waals surface area contributed by atoms with E-state index in [1.807, 2.05) is 0 Å². The van der Waals surface area contributed by atoms with Gasteiger partial charge in [0.15, 0.2) is 0 Å². The zero-order valence-electron chi connectivity index (χ0n) is 16.7. The molecule has 1 amide bonds. The van der Waals surface area contributed by atoms with Crippen LogP contribution in [0, 0.1) is 0 Å². The van der Waals surface area contributed by atoms with E-state index in [0.29, 0.717) is 0 Å². The van der Waals surface area contributed by atoms with Gasteiger partial charge in [-0.2, -0.15) is 0 Å². The normalized spacial score (nSPS) is 12.1. The predicted molar refractivity (Wildman–Crippen MR) is 105 cm³/mol. The lowest BCUT2D eigenvalue weighted by atomic mass is 10.0. The van der Waals surface area contributed by atoms with E-state index >= 15 is 0 Å². The van der Waals surface area contributed by atoms with E-state index in [2.05, 4.69) is 26.1 Å². The van der Waals surface area contributed by atoms with Crippen molar-refractivity contribution < 1.29 is 9.53 Å². The number of alkyl carbamates (subject to hydrolysis) is 1. The molecule has 0 radical (unpaired) electrons. The Morgan fingerprint density at radius 1 is 0.750 bits per heavy atom. The van der Waals surface area contributed by atoms with Gasteiger partial charge in [0, 0.05) is 6.54 Å². The van der Waals surface area contributed by atoms with Crippen molar-refractivity contribution in [3.63, 3.8) is 0 Å². The molecule has 0 saturated heterocycles. The molecule has 0 bridgehead atoms. The molecule has 0 rings (SSSR count). The Kier molecular flexibility index (Phi) is 18.0. The molecule has 0 aromatic heterocycles. The van der Waals surface area contributed by atoms with E-state index in [9.17, 15) is 4.79 Å². The third-order valence-corrected chi connectivity index (χ3v) is 4.66. The van der Waals surface area contributed by atoms with Crippen LogP contribution in [0.4, 0.5) is 4.79 Å². The van der Waals surface area contributed by atoms with Gasteiger partial charge in [0.1, 0.15) is 6.10 Å². The van der Waals surface area contributed by atoms with Crippen LogP contribution in [0.1, 0.15) is 117 Å². The molecule has 0 spiro atoms. The van der Waals surface area contributed by atoms with Crippen molar-refractivity contribution in [1.82, 2.24) is 5.32 Å². The summed E-state index contributed by atoms with van der Waals surface area (Å²) in [4.78, 5) is 11.8. The first-order chi connectivity index (χ1) is 11.7. The Morgan fingerprint density at radius 3 is 1.79 bits per heavy atom. The van der Waals surface area contributed by atoms with E-state index in [0.717, 1.165) is 25.8 Å². The smallest absolute Gasteiger partial charge is 0.407 e. The summed E-state index contributed by atoms with van der Waals surface area (Å²) < 4.78 is 5.54. The van der Waals surface area contributed by atoms with Crippen molar-refractivity contribution in [2.75, 3.05) is 6.54 Å². The first-order valence-corrected chi connectivity index (χ1v) is 10.7. The van der Waals surface area contributed by atoms with Crippen molar-refractivity contribution in [2.24, 2.45) is 0 Å². The van der Waals surface area contributed by atoms with Crippen molar-refractivity contribution in [3.05, 3.63) is 0 Å². The molecule has 0 aliphatic rings. The lowest BCUT2D eigenvalue weighted by Crippen LogP contribution is -2.29. The summed E-state index contributed by atoms with van der Waals surface area (Å²) in [5.41, 5.74) is 0. The van der Waals surface area contributed by atoms with E-state index in [4.69, 9.17) is 4.74 Å². The highest BCUT2D eigenvalue weighted by Gasteiger charge is 2.11. The zero-order valence-corrected chi connectivity index (χ0v) is 16.7. The summed E-state index contributed by atoms with van der Waals surface area (Å²) in [5, 5.41) is 2.89. The van der Waals surface area contributed by atoms with Crippen LogP contribution in [0.3, 0.4) is 0 Å². The largest absolute Gasteiger partial charge is 0.446 e. The highest BCUT2D eigenvalue weighted by atomic mass is 16.6. The molecule has 0 aromatic rings. The molecule has 0 saturated carbocycles. The molecule has 3 heteroatoms. The minimum atomic E-state index is -0.225. The van der Waals surface area contributed by atoms with Gasteiger partial charge in [-0.3, -0.25) is 0 Å². The lowest BCUT2D eigenvalue weighted by molar-refractivity contribution is 0.0885. The summed E-state index contributed by atoms with van der Waals surface area (Å²) in [6.07, 6.45) is 18.4. The second kappa shape index (κ2) is 18.6. The predicted octanol–water partition coefficient (Wildman–Crippen LogP) is 6.99. The van der Waals surface area contributed by atoms with Crippen LogP contribution in [-0.2, 0) is 4.74 Å². The highest BCUT2D eigenvalue weighted by Crippen LogP contribution is 2.13.